The van der Waals surface area contributed by atoms with E-state index in [2.05, 4.69) is 10.6 Å². The molecule has 0 saturated heterocycles. The normalized spacial score (nSPS) is 13.6. The number of amides is 3. The minimum atomic E-state index is -1.42. The van der Waals surface area contributed by atoms with Crippen LogP contribution in [-0.2, 0) is 30.4 Å². The molecule has 0 saturated carbocycles. The van der Waals surface area contributed by atoms with Gasteiger partial charge in [-0.3, -0.25) is 19.2 Å². The van der Waals surface area contributed by atoms with Gasteiger partial charge in [-0.05, 0) is 12.0 Å². The highest BCUT2D eigenvalue weighted by Crippen LogP contribution is 2.06. The number of hydrogen-bond donors (Lipinski definition) is 6. The fourth-order valence-corrected chi connectivity index (χ4v) is 2.44. The molecular formula is C18H24N4O7. The average Bonchev–Trinajstić information content (AvgIpc) is 2.64. The summed E-state index contributed by atoms with van der Waals surface area (Å²) in [7, 11) is 0. The molecule has 0 heterocycles. The number of carboxylic acids is 2. The maximum absolute atomic E-state index is 12.5. The average molecular weight is 408 g/mol. The summed E-state index contributed by atoms with van der Waals surface area (Å²) in [5.74, 6) is -5.10. The Morgan fingerprint density at radius 1 is 0.931 bits per heavy atom. The first-order valence-electron chi connectivity index (χ1n) is 8.73. The Morgan fingerprint density at radius 3 is 2.03 bits per heavy atom. The van der Waals surface area contributed by atoms with E-state index in [4.69, 9.17) is 16.6 Å². The molecule has 0 aliphatic heterocycles. The number of nitrogens with one attached hydrogen (secondary N) is 2. The standard InChI is InChI=1S/C18H24N4O7/c19-11(9-15(24)25)16(26)21-12(6-7-14(20)23)17(27)22-13(18(28)29)8-10-4-2-1-3-5-10/h1-5,11-13H,6-9,19H2,(H2,20,23)(H,21,26)(H,22,27)(H,24,25)(H,28,29)/t11-,12-,13-/m0/s1. The molecule has 0 bridgehead atoms. The minimum Gasteiger partial charge on any atom is -0.481 e. The number of primary amides is 1. The first-order chi connectivity index (χ1) is 13.6. The van der Waals surface area contributed by atoms with E-state index in [-0.39, 0.29) is 19.3 Å². The zero-order chi connectivity index (χ0) is 22.0. The Bertz CT molecular complexity index is 754. The summed E-state index contributed by atoms with van der Waals surface area (Å²) in [5.41, 5.74) is 11.2. The molecular weight excluding hydrogens is 384 g/mol. The molecule has 1 aromatic rings. The fourth-order valence-electron chi connectivity index (χ4n) is 2.44. The number of carboxylic acid groups (broad SMARTS) is 2. The van der Waals surface area contributed by atoms with Gasteiger partial charge in [-0.2, -0.15) is 0 Å². The Morgan fingerprint density at radius 2 is 1.52 bits per heavy atom. The summed E-state index contributed by atoms with van der Waals surface area (Å²) in [6, 6.07) is 4.56. The number of rotatable bonds is 12. The highest BCUT2D eigenvalue weighted by Gasteiger charge is 2.28. The number of carbonyl (C=O) groups is 5. The van der Waals surface area contributed by atoms with Crippen molar-refractivity contribution in [2.45, 2.75) is 43.8 Å². The van der Waals surface area contributed by atoms with E-state index in [1.54, 1.807) is 30.3 Å². The van der Waals surface area contributed by atoms with Crippen molar-refractivity contribution in [3.8, 4) is 0 Å². The molecule has 0 unspecified atom stereocenters. The van der Waals surface area contributed by atoms with Gasteiger partial charge in [-0.15, -0.1) is 0 Å². The van der Waals surface area contributed by atoms with E-state index in [0.29, 0.717) is 5.56 Å². The molecule has 1 aromatic carbocycles. The lowest BCUT2D eigenvalue weighted by atomic mass is 10.0. The lowest BCUT2D eigenvalue weighted by Crippen LogP contribution is -2.55. The maximum Gasteiger partial charge on any atom is 0.326 e. The second-order valence-electron chi connectivity index (χ2n) is 6.36. The molecule has 0 radical (unpaired) electrons. The van der Waals surface area contributed by atoms with Crippen LogP contribution < -0.4 is 22.1 Å². The van der Waals surface area contributed by atoms with Crippen LogP contribution in [0.5, 0.6) is 0 Å². The van der Waals surface area contributed by atoms with Gasteiger partial charge in [0.15, 0.2) is 0 Å². The van der Waals surface area contributed by atoms with Crippen LogP contribution in [0.1, 0.15) is 24.8 Å². The highest BCUT2D eigenvalue weighted by atomic mass is 16.4. The summed E-state index contributed by atoms with van der Waals surface area (Å²) in [6.07, 6.45) is -1.13. The van der Waals surface area contributed by atoms with Crippen molar-refractivity contribution in [2.24, 2.45) is 11.5 Å². The van der Waals surface area contributed by atoms with Gasteiger partial charge in [0, 0.05) is 12.8 Å². The zero-order valence-electron chi connectivity index (χ0n) is 15.5. The van der Waals surface area contributed by atoms with Crippen LogP contribution in [0.25, 0.3) is 0 Å². The Kier molecular flexibility index (Phi) is 9.26. The topological polar surface area (TPSA) is 202 Å². The fraction of sp³-hybridized carbons (Fsp3) is 0.389. The molecule has 11 nitrogen and oxygen atoms in total. The van der Waals surface area contributed by atoms with Crippen LogP contribution >= 0.6 is 0 Å². The third kappa shape index (κ3) is 8.84. The maximum atomic E-state index is 12.5. The van der Waals surface area contributed by atoms with Crippen molar-refractivity contribution in [2.75, 3.05) is 0 Å². The van der Waals surface area contributed by atoms with Crippen LogP contribution in [0.2, 0.25) is 0 Å². The summed E-state index contributed by atoms with van der Waals surface area (Å²) in [6.45, 7) is 0. The van der Waals surface area contributed by atoms with Crippen molar-refractivity contribution < 1.29 is 34.2 Å². The van der Waals surface area contributed by atoms with E-state index < -0.39 is 54.2 Å². The number of hydrogen-bond acceptors (Lipinski definition) is 6. The molecule has 0 aliphatic rings. The SMILES string of the molecule is NC(=O)CC[C@H](NC(=O)[C@@H](N)CC(=O)O)C(=O)N[C@@H](Cc1ccccc1)C(=O)O. The number of aliphatic carboxylic acids is 2. The predicted molar refractivity (Wildman–Crippen MR) is 100 cm³/mol. The van der Waals surface area contributed by atoms with E-state index >= 15 is 0 Å². The minimum absolute atomic E-state index is 0.00305. The Labute approximate surface area is 166 Å². The van der Waals surface area contributed by atoms with E-state index in [9.17, 15) is 29.1 Å². The van der Waals surface area contributed by atoms with Gasteiger partial charge in [0.2, 0.25) is 17.7 Å². The van der Waals surface area contributed by atoms with Crippen LogP contribution in [0, 0.1) is 0 Å². The smallest absolute Gasteiger partial charge is 0.326 e. The second kappa shape index (κ2) is 11.4. The molecule has 0 spiro atoms. The molecule has 29 heavy (non-hydrogen) atoms. The molecule has 0 aliphatic carbocycles. The molecule has 158 valence electrons. The first-order valence-corrected chi connectivity index (χ1v) is 8.73. The first kappa shape index (κ1) is 23.6. The van der Waals surface area contributed by atoms with Gasteiger partial charge < -0.3 is 32.3 Å². The van der Waals surface area contributed by atoms with E-state index in [0.717, 1.165) is 0 Å². The number of benzene rings is 1. The lowest BCUT2D eigenvalue weighted by molar-refractivity contribution is -0.142. The van der Waals surface area contributed by atoms with Crippen molar-refractivity contribution >= 4 is 29.7 Å². The molecule has 11 heteroatoms. The van der Waals surface area contributed by atoms with Crippen molar-refractivity contribution in [3.63, 3.8) is 0 Å². The van der Waals surface area contributed by atoms with Crippen LogP contribution in [-0.4, -0.2) is 58.0 Å². The van der Waals surface area contributed by atoms with Crippen molar-refractivity contribution in [1.82, 2.24) is 10.6 Å². The van der Waals surface area contributed by atoms with Crippen LogP contribution in [0.3, 0.4) is 0 Å². The number of carbonyl (C=O) groups excluding carboxylic acids is 3. The van der Waals surface area contributed by atoms with Gasteiger partial charge in [0.25, 0.3) is 0 Å². The molecule has 0 aromatic heterocycles. The van der Waals surface area contributed by atoms with Crippen LogP contribution in [0.4, 0.5) is 0 Å². The molecule has 3 atom stereocenters. The van der Waals surface area contributed by atoms with Crippen molar-refractivity contribution in [1.29, 1.82) is 0 Å². The molecule has 0 fully saturated rings. The zero-order valence-corrected chi connectivity index (χ0v) is 15.5. The van der Waals surface area contributed by atoms with Gasteiger partial charge in [0.1, 0.15) is 12.1 Å². The third-order valence-electron chi connectivity index (χ3n) is 3.94. The van der Waals surface area contributed by atoms with Crippen LogP contribution in [0.15, 0.2) is 30.3 Å². The molecule has 8 N–H and O–H groups in total. The van der Waals surface area contributed by atoms with E-state index in [1.807, 2.05) is 0 Å². The third-order valence-corrected chi connectivity index (χ3v) is 3.94. The largest absolute Gasteiger partial charge is 0.481 e. The number of nitrogens with two attached hydrogens (primary N) is 2. The van der Waals surface area contributed by atoms with Crippen molar-refractivity contribution in [3.05, 3.63) is 35.9 Å². The van der Waals surface area contributed by atoms with Gasteiger partial charge in [-0.1, -0.05) is 30.3 Å². The summed E-state index contributed by atoms with van der Waals surface area (Å²) < 4.78 is 0. The second-order valence-corrected chi connectivity index (χ2v) is 6.36. The van der Waals surface area contributed by atoms with Gasteiger partial charge in [-0.25, -0.2) is 4.79 Å². The predicted octanol–water partition coefficient (Wildman–Crippen LogP) is -1.65. The Hall–Kier alpha value is -3.47. The monoisotopic (exact) mass is 408 g/mol. The Balaban J connectivity index is 2.87. The molecule has 3 amide bonds. The summed E-state index contributed by atoms with van der Waals surface area (Å²) in [5, 5.41) is 22.7. The van der Waals surface area contributed by atoms with E-state index in [1.165, 1.54) is 0 Å². The highest BCUT2D eigenvalue weighted by molar-refractivity contribution is 5.93. The summed E-state index contributed by atoms with van der Waals surface area (Å²) >= 11 is 0. The molecule has 1 rings (SSSR count). The van der Waals surface area contributed by atoms with Gasteiger partial charge >= 0.3 is 11.9 Å². The summed E-state index contributed by atoms with van der Waals surface area (Å²) in [4.78, 5) is 57.8. The quantitative estimate of drug-likeness (QED) is 0.236. The van der Waals surface area contributed by atoms with Gasteiger partial charge in [0.05, 0.1) is 12.5 Å². The lowest BCUT2D eigenvalue weighted by Gasteiger charge is -2.22.